The van der Waals surface area contributed by atoms with Crippen molar-refractivity contribution in [1.82, 2.24) is 15.2 Å². The van der Waals surface area contributed by atoms with Gasteiger partial charge in [0, 0.05) is 17.0 Å². The fourth-order valence-electron chi connectivity index (χ4n) is 2.58. The molecule has 108 valence electrons. The highest BCUT2D eigenvalue weighted by molar-refractivity contribution is 9.10. The fraction of sp³-hybridized carbons (Fsp3) is 0.769. The monoisotopic (exact) mass is 346 g/mol. The molecule has 3 N–H and O–H groups in total. The Morgan fingerprint density at radius 1 is 1.53 bits per heavy atom. The first-order valence-electron chi connectivity index (χ1n) is 6.94. The van der Waals surface area contributed by atoms with E-state index in [4.69, 9.17) is 5.84 Å². The Labute approximate surface area is 128 Å². The minimum Gasteiger partial charge on any atom is -0.271 e. The van der Waals surface area contributed by atoms with E-state index in [0.717, 1.165) is 21.2 Å². The van der Waals surface area contributed by atoms with E-state index in [1.165, 1.54) is 25.7 Å². The molecule has 1 fully saturated rings. The average Bonchev–Trinajstić information content (AvgIpc) is 3.00. The number of aromatic nitrogens is 2. The number of nitrogens with one attached hydrogen (secondary N) is 1. The zero-order chi connectivity index (χ0) is 13.8. The summed E-state index contributed by atoms with van der Waals surface area (Å²) >= 11 is 5.63. The summed E-state index contributed by atoms with van der Waals surface area (Å²) in [5.41, 5.74) is 4.11. The van der Waals surface area contributed by atoms with Gasteiger partial charge in [-0.3, -0.25) is 16.0 Å². The van der Waals surface area contributed by atoms with E-state index in [-0.39, 0.29) is 6.04 Å². The van der Waals surface area contributed by atoms with E-state index in [1.54, 1.807) is 0 Å². The lowest BCUT2D eigenvalue weighted by atomic mass is 10.2. The van der Waals surface area contributed by atoms with Crippen LogP contribution in [-0.4, -0.2) is 20.8 Å². The number of rotatable bonds is 6. The first-order chi connectivity index (χ1) is 9.13. The van der Waals surface area contributed by atoms with E-state index in [2.05, 4.69) is 40.3 Å². The third kappa shape index (κ3) is 3.74. The quantitative estimate of drug-likeness (QED) is 0.612. The van der Waals surface area contributed by atoms with Crippen LogP contribution in [0.5, 0.6) is 0 Å². The van der Waals surface area contributed by atoms with E-state index < -0.39 is 0 Å². The second kappa shape index (κ2) is 7.11. The van der Waals surface area contributed by atoms with Gasteiger partial charge in [-0.1, -0.05) is 12.8 Å². The molecule has 0 amide bonds. The van der Waals surface area contributed by atoms with Crippen LogP contribution >= 0.6 is 27.7 Å². The Balaban J connectivity index is 2.05. The molecule has 0 spiro atoms. The van der Waals surface area contributed by atoms with Gasteiger partial charge in [-0.2, -0.15) is 16.9 Å². The zero-order valence-corrected chi connectivity index (χ0v) is 14.0. The summed E-state index contributed by atoms with van der Waals surface area (Å²) < 4.78 is 3.08. The summed E-state index contributed by atoms with van der Waals surface area (Å²) in [6, 6.07) is 0.485. The summed E-state index contributed by atoms with van der Waals surface area (Å²) in [5, 5.41) is 5.24. The van der Waals surface area contributed by atoms with E-state index in [1.807, 2.05) is 22.6 Å². The molecule has 4 nitrogen and oxygen atoms in total. The minimum absolute atomic E-state index is 0.143. The van der Waals surface area contributed by atoms with Crippen LogP contribution in [0.2, 0.25) is 0 Å². The molecule has 19 heavy (non-hydrogen) atoms. The number of hydrazine groups is 1. The van der Waals surface area contributed by atoms with Crippen molar-refractivity contribution in [1.29, 1.82) is 0 Å². The van der Waals surface area contributed by atoms with Gasteiger partial charge in [0.1, 0.15) is 0 Å². The molecule has 1 atom stereocenters. The number of nitrogens with two attached hydrogens (primary N) is 1. The molecule has 6 heteroatoms. The Morgan fingerprint density at radius 3 is 2.79 bits per heavy atom. The van der Waals surface area contributed by atoms with Crippen molar-refractivity contribution in [2.24, 2.45) is 5.84 Å². The topological polar surface area (TPSA) is 55.9 Å². The van der Waals surface area contributed by atoms with Gasteiger partial charge in [-0.25, -0.2) is 0 Å². The predicted octanol–water partition coefficient (Wildman–Crippen LogP) is 3.41. The largest absolute Gasteiger partial charge is 0.271 e. The van der Waals surface area contributed by atoms with Crippen LogP contribution < -0.4 is 11.3 Å². The van der Waals surface area contributed by atoms with Crippen LogP contribution in [0.15, 0.2) is 10.7 Å². The molecule has 1 aromatic rings. The Kier molecular flexibility index (Phi) is 5.74. The van der Waals surface area contributed by atoms with Crippen molar-refractivity contribution in [2.75, 3.05) is 5.75 Å². The van der Waals surface area contributed by atoms with Gasteiger partial charge < -0.3 is 0 Å². The van der Waals surface area contributed by atoms with Crippen LogP contribution in [0.1, 0.15) is 57.3 Å². The fourth-order valence-corrected chi connectivity index (χ4v) is 4.52. The summed E-state index contributed by atoms with van der Waals surface area (Å²) in [6.45, 7) is 4.28. The third-order valence-electron chi connectivity index (χ3n) is 3.61. The van der Waals surface area contributed by atoms with Gasteiger partial charge in [0.15, 0.2) is 0 Å². The Bertz CT molecular complexity index is 401. The smallest absolute Gasteiger partial charge is 0.0731 e. The molecule has 2 rings (SSSR count). The zero-order valence-electron chi connectivity index (χ0n) is 11.6. The van der Waals surface area contributed by atoms with Crippen molar-refractivity contribution in [2.45, 2.75) is 56.9 Å². The maximum absolute atomic E-state index is 5.76. The number of halogens is 1. The van der Waals surface area contributed by atoms with E-state index in [9.17, 15) is 0 Å². The second-order valence-corrected chi connectivity index (χ2v) is 7.56. The molecule has 0 bridgehead atoms. The molecule has 1 aliphatic rings. The first kappa shape index (κ1) is 15.4. The lowest BCUT2D eigenvalue weighted by Crippen LogP contribution is -2.32. The summed E-state index contributed by atoms with van der Waals surface area (Å²) in [6.07, 6.45) is 7.33. The number of hydrogen-bond donors (Lipinski definition) is 2. The minimum atomic E-state index is 0.143. The molecular formula is C13H23BrN4S. The van der Waals surface area contributed by atoms with Crippen LogP contribution in [0.25, 0.3) is 0 Å². The molecule has 0 aliphatic heterocycles. The van der Waals surface area contributed by atoms with Crippen molar-refractivity contribution < 1.29 is 0 Å². The van der Waals surface area contributed by atoms with Gasteiger partial charge >= 0.3 is 0 Å². The maximum Gasteiger partial charge on any atom is 0.0731 e. The van der Waals surface area contributed by atoms with E-state index >= 15 is 0 Å². The highest BCUT2D eigenvalue weighted by atomic mass is 79.9. The van der Waals surface area contributed by atoms with Crippen molar-refractivity contribution >= 4 is 27.7 Å². The lowest BCUT2D eigenvalue weighted by molar-refractivity contribution is 0.467. The molecule has 0 radical (unpaired) electrons. The van der Waals surface area contributed by atoms with Crippen molar-refractivity contribution in [3.63, 3.8) is 0 Å². The highest BCUT2D eigenvalue weighted by Gasteiger charge is 2.23. The molecule has 0 aromatic carbocycles. The highest BCUT2D eigenvalue weighted by Crippen LogP contribution is 2.34. The van der Waals surface area contributed by atoms with Crippen molar-refractivity contribution in [3.05, 3.63) is 16.4 Å². The van der Waals surface area contributed by atoms with Crippen molar-refractivity contribution in [3.8, 4) is 0 Å². The standard InChI is InChI=1S/C13H23BrN4S/c1-9(2)18-13(11(14)7-16-18)12(17-15)8-19-10-5-3-4-6-10/h7,9-10,12,17H,3-6,8,15H2,1-2H3. The second-order valence-electron chi connectivity index (χ2n) is 5.38. The van der Waals surface area contributed by atoms with Gasteiger partial charge in [-0.05, 0) is 42.6 Å². The van der Waals surface area contributed by atoms with Gasteiger partial charge in [0.2, 0.25) is 0 Å². The van der Waals surface area contributed by atoms with Crippen LogP contribution in [0.3, 0.4) is 0 Å². The predicted molar refractivity (Wildman–Crippen MR) is 85.1 cm³/mol. The van der Waals surface area contributed by atoms with Gasteiger partial charge in [-0.15, -0.1) is 0 Å². The van der Waals surface area contributed by atoms with Crippen LogP contribution in [0, 0.1) is 0 Å². The first-order valence-corrected chi connectivity index (χ1v) is 8.78. The molecule has 1 unspecified atom stereocenters. The van der Waals surface area contributed by atoms with Gasteiger partial charge in [0.25, 0.3) is 0 Å². The lowest BCUT2D eigenvalue weighted by Gasteiger charge is -2.21. The number of thioether (sulfide) groups is 1. The molecular weight excluding hydrogens is 324 g/mol. The molecule has 1 saturated carbocycles. The van der Waals surface area contributed by atoms with E-state index in [0.29, 0.717) is 6.04 Å². The molecule has 1 heterocycles. The summed E-state index contributed by atoms with van der Waals surface area (Å²) in [7, 11) is 0. The Hall–Kier alpha value is -0.0400. The summed E-state index contributed by atoms with van der Waals surface area (Å²) in [4.78, 5) is 0. The third-order valence-corrected chi connectivity index (χ3v) is 5.69. The summed E-state index contributed by atoms with van der Waals surface area (Å²) in [5.74, 6) is 6.76. The molecule has 0 saturated heterocycles. The Morgan fingerprint density at radius 2 is 2.21 bits per heavy atom. The number of hydrogen-bond acceptors (Lipinski definition) is 4. The van der Waals surface area contributed by atoms with Crippen LogP contribution in [0.4, 0.5) is 0 Å². The maximum atomic E-state index is 5.76. The molecule has 1 aromatic heterocycles. The van der Waals surface area contributed by atoms with Crippen LogP contribution in [-0.2, 0) is 0 Å². The normalized spacial score (nSPS) is 18.4. The average molecular weight is 347 g/mol. The number of nitrogens with zero attached hydrogens (tertiary/aromatic N) is 2. The SMILES string of the molecule is CC(C)n1ncc(Br)c1C(CSC1CCCC1)NN. The van der Waals surface area contributed by atoms with Gasteiger partial charge in [0.05, 0.1) is 22.4 Å². The molecule has 1 aliphatic carbocycles.